The van der Waals surface area contributed by atoms with E-state index in [1.165, 1.54) is 5.57 Å². The predicted octanol–water partition coefficient (Wildman–Crippen LogP) is 3.18. The summed E-state index contributed by atoms with van der Waals surface area (Å²) in [6.07, 6.45) is 8.31. The Morgan fingerprint density at radius 1 is 1.09 bits per heavy atom. The van der Waals surface area contributed by atoms with Crippen LogP contribution in [0.1, 0.15) is 53.4 Å². The van der Waals surface area contributed by atoms with Gasteiger partial charge < -0.3 is 19.3 Å². The molecule has 3 heterocycles. The van der Waals surface area contributed by atoms with E-state index in [-0.39, 0.29) is 47.4 Å². The molecule has 0 aromatic carbocycles. The lowest BCUT2D eigenvalue weighted by Gasteiger charge is -2.61. The number of hydrogen-bond donors (Lipinski definition) is 1. The smallest absolute Gasteiger partial charge is 0.309 e. The van der Waals surface area contributed by atoms with Gasteiger partial charge >= 0.3 is 5.97 Å². The van der Waals surface area contributed by atoms with E-state index in [4.69, 9.17) is 14.2 Å². The third-order valence-corrected chi connectivity index (χ3v) is 11.2. The maximum atomic E-state index is 13.3. The Kier molecular flexibility index (Phi) is 3.91. The van der Waals surface area contributed by atoms with E-state index in [0.29, 0.717) is 18.3 Å². The van der Waals surface area contributed by atoms with E-state index < -0.39 is 29.0 Å². The van der Waals surface area contributed by atoms with Crippen LogP contribution in [0.4, 0.5) is 0 Å². The topological polar surface area (TPSA) is 82.1 Å². The van der Waals surface area contributed by atoms with Crippen molar-refractivity contribution >= 4 is 11.8 Å². The summed E-state index contributed by atoms with van der Waals surface area (Å²) < 4.78 is 19.3. The van der Waals surface area contributed by atoms with Crippen LogP contribution in [-0.2, 0) is 23.8 Å². The molecule has 0 aromatic rings. The van der Waals surface area contributed by atoms with Crippen LogP contribution in [0.2, 0.25) is 0 Å². The average Bonchev–Trinajstić information content (AvgIpc) is 3.37. The van der Waals surface area contributed by atoms with Gasteiger partial charge in [-0.3, -0.25) is 9.59 Å². The highest BCUT2D eigenvalue weighted by Gasteiger charge is 2.78. The quantitative estimate of drug-likeness (QED) is 0.484. The first-order valence-electron chi connectivity index (χ1n) is 12.8. The Morgan fingerprint density at radius 3 is 2.61 bits per heavy atom. The van der Waals surface area contributed by atoms with E-state index >= 15 is 0 Å². The van der Waals surface area contributed by atoms with Crippen molar-refractivity contribution in [1.82, 2.24) is 0 Å². The van der Waals surface area contributed by atoms with Crippen molar-refractivity contribution in [3.63, 3.8) is 0 Å². The lowest BCUT2D eigenvalue weighted by Crippen LogP contribution is -2.68. The molecule has 3 saturated heterocycles. The number of hydrogen-bond acceptors (Lipinski definition) is 6. The maximum Gasteiger partial charge on any atom is 0.309 e. The molecule has 13 atom stereocenters. The molecule has 4 bridgehead atoms. The number of carbonyl (C=O) groups is 2. The first-order chi connectivity index (χ1) is 15.6. The molecule has 0 spiro atoms. The lowest BCUT2D eigenvalue weighted by molar-refractivity contribution is -0.361. The second-order valence-electron chi connectivity index (χ2n) is 12.3. The van der Waals surface area contributed by atoms with Crippen molar-refractivity contribution in [2.75, 3.05) is 0 Å². The van der Waals surface area contributed by atoms with E-state index in [2.05, 4.69) is 13.0 Å². The van der Waals surface area contributed by atoms with Crippen molar-refractivity contribution in [3.8, 4) is 0 Å². The molecular weight excluding hydrogens is 420 g/mol. The summed E-state index contributed by atoms with van der Waals surface area (Å²) in [6, 6.07) is 0. The number of fused-ring (bicyclic) bond motifs is 4. The molecule has 6 nitrogen and oxygen atoms in total. The van der Waals surface area contributed by atoms with Crippen LogP contribution in [0, 0.1) is 46.8 Å². The van der Waals surface area contributed by atoms with Crippen molar-refractivity contribution in [3.05, 3.63) is 23.8 Å². The van der Waals surface area contributed by atoms with E-state index in [9.17, 15) is 14.7 Å². The first-order valence-corrected chi connectivity index (χ1v) is 12.8. The molecule has 178 valence electrons. The van der Waals surface area contributed by atoms with Crippen LogP contribution >= 0.6 is 0 Å². The highest BCUT2D eigenvalue weighted by molar-refractivity contribution is 5.98. The van der Waals surface area contributed by atoms with Gasteiger partial charge in [-0.2, -0.15) is 0 Å². The number of carbonyl (C=O) groups excluding carboxylic acids is 2. The highest BCUT2D eigenvalue weighted by atomic mass is 16.7. The molecule has 0 aromatic heterocycles. The molecule has 5 fully saturated rings. The van der Waals surface area contributed by atoms with Gasteiger partial charge in [0.2, 0.25) is 0 Å². The molecule has 13 unspecified atom stereocenters. The number of ether oxygens (including phenoxy) is 3. The molecule has 1 N–H and O–H groups in total. The zero-order chi connectivity index (χ0) is 23.1. The molecule has 7 rings (SSSR count). The van der Waals surface area contributed by atoms with Crippen LogP contribution in [0.5, 0.6) is 0 Å². The van der Waals surface area contributed by atoms with Gasteiger partial charge in [0, 0.05) is 24.2 Å². The SMILES string of the molecule is CC1C(=O)OC(C2OC34CC5C(CC=C6CC=CC(=O)C65C)C5CC(O3)C(C54)C2(C)O)C1C. The third kappa shape index (κ3) is 2.27. The van der Waals surface area contributed by atoms with Gasteiger partial charge in [0.05, 0.1) is 23.0 Å². The fourth-order valence-corrected chi connectivity index (χ4v) is 9.30. The van der Waals surface area contributed by atoms with Crippen molar-refractivity contribution in [2.45, 2.75) is 83.1 Å². The van der Waals surface area contributed by atoms with Gasteiger partial charge in [0.25, 0.3) is 0 Å². The zero-order valence-corrected chi connectivity index (χ0v) is 19.8. The number of ketones is 1. The monoisotopic (exact) mass is 454 g/mol. The largest absolute Gasteiger partial charge is 0.459 e. The Hall–Kier alpha value is -1.50. The summed E-state index contributed by atoms with van der Waals surface area (Å²) >= 11 is 0. The first kappa shape index (κ1) is 20.8. The van der Waals surface area contributed by atoms with Crippen molar-refractivity contribution in [2.24, 2.45) is 46.8 Å². The Labute approximate surface area is 194 Å². The van der Waals surface area contributed by atoms with Crippen LogP contribution in [0.15, 0.2) is 23.8 Å². The minimum atomic E-state index is -1.14. The fourth-order valence-electron chi connectivity index (χ4n) is 9.30. The number of aliphatic hydroxyl groups is 1. The van der Waals surface area contributed by atoms with Gasteiger partial charge in [0.1, 0.15) is 12.2 Å². The second-order valence-corrected chi connectivity index (χ2v) is 12.3. The van der Waals surface area contributed by atoms with E-state index in [1.54, 1.807) is 6.08 Å². The average molecular weight is 455 g/mol. The maximum absolute atomic E-state index is 13.3. The summed E-state index contributed by atoms with van der Waals surface area (Å²) in [5.41, 5.74) is -0.406. The molecule has 7 aliphatic rings. The molecule has 33 heavy (non-hydrogen) atoms. The highest BCUT2D eigenvalue weighted by Crippen LogP contribution is 2.72. The third-order valence-electron chi connectivity index (χ3n) is 11.2. The molecule has 6 heteroatoms. The Morgan fingerprint density at radius 2 is 1.88 bits per heavy atom. The Bertz CT molecular complexity index is 1010. The second kappa shape index (κ2) is 6.19. The summed E-state index contributed by atoms with van der Waals surface area (Å²) in [6.45, 7) is 7.88. The minimum absolute atomic E-state index is 0.0378. The zero-order valence-electron chi connectivity index (χ0n) is 19.8. The molecule has 0 amide bonds. The molecule has 2 saturated carbocycles. The number of esters is 1. The summed E-state index contributed by atoms with van der Waals surface area (Å²) in [4.78, 5) is 25.6. The normalized spacial score (nSPS) is 60.3. The van der Waals surface area contributed by atoms with Gasteiger partial charge in [0.15, 0.2) is 11.6 Å². The molecule has 3 aliphatic heterocycles. The summed E-state index contributed by atoms with van der Waals surface area (Å²) in [5, 5.41) is 11.9. The van der Waals surface area contributed by atoms with Gasteiger partial charge in [-0.1, -0.05) is 31.6 Å². The number of allylic oxidation sites excluding steroid dienone is 4. The predicted molar refractivity (Wildman–Crippen MR) is 118 cm³/mol. The molecule has 4 aliphatic carbocycles. The summed E-state index contributed by atoms with van der Waals surface area (Å²) in [7, 11) is 0. The standard InChI is InChI=1S/C27H34O6/c1-12-13(2)24(29)31-22(12)23-26(4,30)21-18-10-16-15-9-8-14-6-5-7-19(28)25(14,3)17(15)11-27(32-18,33-23)20(16)21/h5,7-8,12-13,15-18,20-23,30H,6,9-11H2,1-4H3. The van der Waals surface area contributed by atoms with E-state index in [0.717, 1.165) is 19.3 Å². The van der Waals surface area contributed by atoms with Crippen LogP contribution in [0.25, 0.3) is 0 Å². The van der Waals surface area contributed by atoms with Crippen LogP contribution in [-0.4, -0.2) is 46.6 Å². The lowest BCUT2D eigenvalue weighted by atomic mass is 9.48. The van der Waals surface area contributed by atoms with Crippen LogP contribution < -0.4 is 0 Å². The van der Waals surface area contributed by atoms with Gasteiger partial charge in [-0.15, -0.1) is 0 Å². The fraction of sp³-hybridized carbons (Fsp3) is 0.778. The van der Waals surface area contributed by atoms with Crippen LogP contribution in [0.3, 0.4) is 0 Å². The molecular formula is C27H34O6. The van der Waals surface area contributed by atoms with Crippen molar-refractivity contribution in [1.29, 1.82) is 0 Å². The number of rotatable bonds is 1. The minimum Gasteiger partial charge on any atom is -0.459 e. The van der Waals surface area contributed by atoms with Gasteiger partial charge in [-0.25, -0.2) is 0 Å². The van der Waals surface area contributed by atoms with E-state index in [1.807, 2.05) is 26.8 Å². The molecule has 0 radical (unpaired) electrons. The Balaban J connectivity index is 1.31. The van der Waals surface area contributed by atoms with Crippen molar-refractivity contribution < 1.29 is 28.9 Å². The summed E-state index contributed by atoms with van der Waals surface area (Å²) in [5.74, 6) is -0.0819. The number of cyclic esters (lactones) is 1. The van der Waals surface area contributed by atoms with Gasteiger partial charge in [-0.05, 0) is 56.9 Å².